The van der Waals surface area contributed by atoms with E-state index in [-0.39, 0.29) is 11.3 Å². The Balaban J connectivity index is 3.09. The molecule has 3 N–H and O–H groups in total. The second-order valence-corrected chi connectivity index (χ2v) is 3.07. The molecule has 0 saturated heterocycles. The topological polar surface area (TPSA) is 55.1 Å². The number of benzene rings is 1. The molecule has 0 saturated carbocycles. The van der Waals surface area contributed by atoms with Crippen molar-refractivity contribution in [1.82, 2.24) is 5.32 Å². The molecule has 0 aliphatic carbocycles. The second kappa shape index (κ2) is 3.66. The summed E-state index contributed by atoms with van der Waals surface area (Å²) in [6.45, 7) is -0.854. The van der Waals surface area contributed by atoms with Crippen LogP contribution < -0.4 is 11.1 Å². The lowest BCUT2D eigenvalue weighted by molar-refractivity contribution is 0.0964. The van der Waals surface area contributed by atoms with Crippen molar-refractivity contribution in [2.24, 2.45) is 0 Å². The highest BCUT2D eigenvalue weighted by Gasteiger charge is 2.10. The maximum absolute atomic E-state index is 11.6. The van der Waals surface area contributed by atoms with Gasteiger partial charge < -0.3 is 11.1 Å². The first kappa shape index (κ1) is 6.27. The summed E-state index contributed by atoms with van der Waals surface area (Å²) in [6, 6.07) is 2.94. The molecule has 1 amide bonds. The number of nitrogens with one attached hydrogen (secondary N) is 1. The number of anilines is 1. The maximum atomic E-state index is 11.6. The third-order valence-electron chi connectivity index (χ3n) is 1.71. The molecular formula is C9H11ClN2O. The molecule has 0 radical (unpaired) electrons. The predicted octanol–water partition coefficient (Wildman–Crippen LogP) is 1.59. The SMILES string of the molecule is [2H]C([2H])([2H])NC(=O)c1cc(Cl)cc(C)c1N. The molecule has 3 nitrogen and oxygen atoms in total. The number of aryl methyl sites for hydroxylation is 1. The summed E-state index contributed by atoms with van der Waals surface area (Å²) >= 11 is 5.76. The summed E-state index contributed by atoms with van der Waals surface area (Å²) in [7, 11) is 0. The molecule has 1 aromatic rings. The van der Waals surface area contributed by atoms with Crippen LogP contribution in [0.2, 0.25) is 5.02 Å². The Morgan fingerprint density at radius 2 is 2.38 bits per heavy atom. The van der Waals surface area contributed by atoms with Crippen molar-refractivity contribution in [3.05, 3.63) is 28.3 Å². The Morgan fingerprint density at radius 3 is 3.00 bits per heavy atom. The fourth-order valence-electron chi connectivity index (χ4n) is 1.01. The smallest absolute Gasteiger partial charge is 0.253 e. The number of hydrogen-bond acceptors (Lipinski definition) is 2. The van der Waals surface area contributed by atoms with Gasteiger partial charge in [0.2, 0.25) is 0 Å². The molecule has 0 fully saturated rings. The molecule has 0 atom stereocenters. The van der Waals surface area contributed by atoms with E-state index in [4.69, 9.17) is 21.4 Å². The molecule has 0 heterocycles. The number of halogens is 1. The molecule has 4 heteroatoms. The Hall–Kier alpha value is -1.22. The van der Waals surface area contributed by atoms with E-state index in [0.29, 0.717) is 10.6 Å². The van der Waals surface area contributed by atoms with Crippen LogP contribution in [0, 0.1) is 6.92 Å². The third kappa shape index (κ3) is 1.92. The van der Waals surface area contributed by atoms with Crippen molar-refractivity contribution in [3.63, 3.8) is 0 Å². The minimum atomic E-state index is -2.54. The first-order valence-electron chi connectivity index (χ1n) is 5.09. The van der Waals surface area contributed by atoms with Crippen LogP contribution in [0.4, 0.5) is 5.69 Å². The Morgan fingerprint density at radius 1 is 1.69 bits per heavy atom. The fourth-order valence-corrected chi connectivity index (χ4v) is 1.28. The number of amides is 1. The molecule has 1 rings (SSSR count). The van der Waals surface area contributed by atoms with Gasteiger partial charge in [-0.1, -0.05) is 11.6 Å². The van der Waals surface area contributed by atoms with Crippen molar-refractivity contribution in [2.45, 2.75) is 6.92 Å². The van der Waals surface area contributed by atoms with Gasteiger partial charge in [0.25, 0.3) is 5.91 Å². The van der Waals surface area contributed by atoms with Crippen LogP contribution in [-0.4, -0.2) is 12.9 Å². The minimum Gasteiger partial charge on any atom is -0.398 e. The first-order valence-corrected chi connectivity index (χ1v) is 3.96. The third-order valence-corrected chi connectivity index (χ3v) is 1.93. The van der Waals surface area contributed by atoms with Gasteiger partial charge in [0, 0.05) is 21.8 Å². The molecule has 0 unspecified atom stereocenters. The highest BCUT2D eigenvalue weighted by atomic mass is 35.5. The molecule has 0 bridgehead atoms. The van der Waals surface area contributed by atoms with Crippen LogP contribution in [-0.2, 0) is 0 Å². The lowest BCUT2D eigenvalue weighted by Gasteiger charge is -2.07. The average Bonchev–Trinajstić information content (AvgIpc) is 2.08. The molecule has 1 aromatic carbocycles. The largest absolute Gasteiger partial charge is 0.398 e. The van der Waals surface area contributed by atoms with E-state index in [0.717, 1.165) is 0 Å². The van der Waals surface area contributed by atoms with Crippen molar-refractivity contribution in [2.75, 3.05) is 12.7 Å². The Kier molecular flexibility index (Phi) is 1.77. The minimum absolute atomic E-state index is 0.0705. The van der Waals surface area contributed by atoms with Gasteiger partial charge in [0.05, 0.1) is 5.56 Å². The van der Waals surface area contributed by atoms with Crippen molar-refractivity contribution in [1.29, 1.82) is 0 Å². The number of rotatable bonds is 1. The quantitative estimate of drug-likeness (QED) is 0.678. The van der Waals surface area contributed by atoms with Crippen molar-refractivity contribution < 1.29 is 8.91 Å². The molecule has 0 aromatic heterocycles. The van der Waals surface area contributed by atoms with E-state index < -0.39 is 12.9 Å². The maximum Gasteiger partial charge on any atom is 0.253 e. The summed E-state index contributed by atoms with van der Waals surface area (Å²) in [4.78, 5) is 11.6. The van der Waals surface area contributed by atoms with E-state index in [1.807, 2.05) is 5.32 Å². The molecule has 13 heavy (non-hydrogen) atoms. The highest BCUT2D eigenvalue weighted by Crippen LogP contribution is 2.22. The summed E-state index contributed by atoms with van der Waals surface area (Å²) in [5.41, 5.74) is 6.59. The molecule has 0 aliphatic heterocycles. The highest BCUT2D eigenvalue weighted by molar-refractivity contribution is 6.31. The van der Waals surface area contributed by atoms with Crippen LogP contribution in [0.25, 0.3) is 0 Å². The van der Waals surface area contributed by atoms with Gasteiger partial charge in [-0.3, -0.25) is 4.79 Å². The molecule has 70 valence electrons. The van der Waals surface area contributed by atoms with Crippen LogP contribution in [0.3, 0.4) is 0 Å². The van der Waals surface area contributed by atoms with Crippen LogP contribution in [0.15, 0.2) is 12.1 Å². The average molecular weight is 202 g/mol. The predicted molar refractivity (Wildman–Crippen MR) is 54.0 cm³/mol. The van der Waals surface area contributed by atoms with Gasteiger partial charge in [-0.05, 0) is 24.6 Å². The zero-order chi connectivity index (χ0) is 12.5. The first-order chi connectivity index (χ1) is 7.20. The zero-order valence-corrected chi connectivity index (χ0v) is 7.77. The standard InChI is InChI=1S/C9H11ClN2O/c1-5-3-6(10)4-7(8(5)11)9(13)12-2/h3-4H,11H2,1-2H3,(H,12,13)/i2D3. The molecular weight excluding hydrogens is 188 g/mol. The van der Waals surface area contributed by atoms with Gasteiger partial charge in [-0.15, -0.1) is 0 Å². The lowest BCUT2D eigenvalue weighted by Crippen LogP contribution is -2.19. The summed E-state index contributed by atoms with van der Waals surface area (Å²) in [5.74, 6) is -0.761. The van der Waals surface area contributed by atoms with Gasteiger partial charge in [-0.25, -0.2) is 0 Å². The van der Waals surface area contributed by atoms with E-state index in [1.54, 1.807) is 13.0 Å². The zero-order valence-electron chi connectivity index (χ0n) is 10.0. The van der Waals surface area contributed by atoms with E-state index in [9.17, 15) is 4.79 Å². The number of hydrogen-bond donors (Lipinski definition) is 2. The van der Waals surface area contributed by atoms with Crippen molar-refractivity contribution >= 4 is 23.2 Å². The Labute approximate surface area is 86.1 Å². The summed E-state index contributed by atoms with van der Waals surface area (Å²) in [5, 5.41) is 2.19. The number of nitrogens with two attached hydrogens (primary N) is 1. The normalized spacial score (nSPS) is 14.2. The van der Waals surface area contributed by atoms with Crippen LogP contribution in [0.1, 0.15) is 20.0 Å². The van der Waals surface area contributed by atoms with Crippen molar-refractivity contribution in [3.8, 4) is 0 Å². The van der Waals surface area contributed by atoms with E-state index >= 15 is 0 Å². The van der Waals surface area contributed by atoms with Gasteiger partial charge in [0.15, 0.2) is 0 Å². The van der Waals surface area contributed by atoms with Gasteiger partial charge in [0.1, 0.15) is 0 Å². The van der Waals surface area contributed by atoms with Crippen LogP contribution in [0.5, 0.6) is 0 Å². The molecule has 0 spiro atoms. The molecule has 0 aliphatic rings. The Bertz CT molecular complexity index is 431. The van der Waals surface area contributed by atoms with E-state index in [1.165, 1.54) is 6.07 Å². The fraction of sp³-hybridized carbons (Fsp3) is 0.222. The monoisotopic (exact) mass is 201 g/mol. The lowest BCUT2D eigenvalue weighted by atomic mass is 10.1. The van der Waals surface area contributed by atoms with Gasteiger partial charge >= 0.3 is 0 Å². The number of carbonyl (C=O) groups is 1. The summed E-state index contributed by atoms with van der Waals surface area (Å²) in [6.07, 6.45) is 0. The van der Waals surface area contributed by atoms with Crippen LogP contribution >= 0.6 is 11.6 Å². The van der Waals surface area contributed by atoms with Gasteiger partial charge in [-0.2, -0.15) is 0 Å². The number of nitrogen functional groups attached to an aromatic ring is 1. The second-order valence-electron chi connectivity index (χ2n) is 2.64. The summed E-state index contributed by atoms with van der Waals surface area (Å²) < 4.78 is 20.8. The number of carbonyl (C=O) groups excluding carboxylic acids is 1. The van der Waals surface area contributed by atoms with E-state index in [2.05, 4.69) is 0 Å².